The molecule has 0 aromatic heterocycles. The van der Waals surface area contributed by atoms with Crippen LogP contribution in [0.5, 0.6) is 0 Å². The zero-order valence-electron chi connectivity index (χ0n) is 16.3. The number of carbonyl (C=O) groups is 2. The fraction of sp³-hybridized carbons (Fsp3) is 0.810. The van der Waals surface area contributed by atoms with Crippen LogP contribution in [0, 0.1) is 34.5 Å². The maximum absolute atomic E-state index is 13.0. The van der Waals surface area contributed by atoms with Crippen LogP contribution in [0.2, 0.25) is 0 Å². The van der Waals surface area contributed by atoms with E-state index in [0.29, 0.717) is 6.42 Å². The Balaban J connectivity index is 1.88. The van der Waals surface area contributed by atoms with Crippen molar-refractivity contribution in [2.75, 3.05) is 0 Å². The highest BCUT2D eigenvalue weighted by atomic mass is 16.7. The molecule has 0 spiro atoms. The molecule has 5 nitrogen and oxygen atoms in total. The second-order valence-electron chi connectivity index (χ2n) is 9.93. The number of Topliss-reactive ketones (excluding diaryl/α,β-unsaturated/α-hetero) is 1. The van der Waals surface area contributed by atoms with Crippen molar-refractivity contribution in [3.63, 3.8) is 0 Å². The molecule has 1 aliphatic heterocycles. The molecule has 0 unspecified atom stereocenters. The fourth-order valence-corrected chi connectivity index (χ4v) is 6.51. The van der Waals surface area contributed by atoms with Gasteiger partial charge in [0.2, 0.25) is 0 Å². The molecule has 3 fully saturated rings. The third-order valence-electron chi connectivity index (χ3n) is 7.95. The molecule has 2 saturated carbocycles. The van der Waals surface area contributed by atoms with Crippen molar-refractivity contribution in [3.05, 3.63) is 11.6 Å². The Morgan fingerprint density at radius 2 is 1.88 bits per heavy atom. The van der Waals surface area contributed by atoms with Crippen LogP contribution in [0.25, 0.3) is 0 Å². The van der Waals surface area contributed by atoms with Gasteiger partial charge in [0.15, 0.2) is 5.78 Å². The highest BCUT2D eigenvalue weighted by Crippen LogP contribution is 2.63. The van der Waals surface area contributed by atoms with Crippen LogP contribution >= 0.6 is 0 Å². The monoisotopic (exact) mass is 362 g/mol. The van der Waals surface area contributed by atoms with E-state index in [-0.39, 0.29) is 47.1 Å². The molecule has 0 aromatic rings. The summed E-state index contributed by atoms with van der Waals surface area (Å²) in [4.78, 5) is 25.2. The van der Waals surface area contributed by atoms with Gasteiger partial charge in [-0.25, -0.2) is 4.79 Å². The smallest absolute Gasteiger partial charge is 0.430 e. The highest BCUT2D eigenvalue weighted by Gasteiger charge is 2.67. The van der Waals surface area contributed by atoms with Crippen molar-refractivity contribution in [1.82, 2.24) is 0 Å². The SMILES string of the molecule is C/C1=C/[C@@H]2[C@@H](O)[C@H](C)C[C@@H]2[C@@H]2OC(=O)O[C@@H]3CC(C)(C)[C@@H](CC1=O)[C@@]32C. The number of rotatable bonds is 0. The number of ether oxygens (including phenoxy) is 2. The summed E-state index contributed by atoms with van der Waals surface area (Å²) in [5, 5.41) is 10.8. The van der Waals surface area contributed by atoms with Crippen molar-refractivity contribution >= 4 is 11.9 Å². The third-order valence-corrected chi connectivity index (χ3v) is 7.95. The van der Waals surface area contributed by atoms with E-state index in [2.05, 4.69) is 20.8 Å². The van der Waals surface area contributed by atoms with E-state index in [4.69, 9.17) is 9.47 Å². The molecule has 4 aliphatic rings. The topological polar surface area (TPSA) is 72.8 Å². The number of allylic oxidation sites excluding steroid dienone is 1. The van der Waals surface area contributed by atoms with Crippen molar-refractivity contribution in [2.45, 2.75) is 72.2 Å². The van der Waals surface area contributed by atoms with Crippen LogP contribution in [0.3, 0.4) is 0 Å². The predicted octanol–water partition coefficient (Wildman–Crippen LogP) is 3.50. The average molecular weight is 362 g/mol. The summed E-state index contributed by atoms with van der Waals surface area (Å²) in [6.07, 6.45) is 2.21. The quantitative estimate of drug-likeness (QED) is 0.668. The highest BCUT2D eigenvalue weighted by molar-refractivity contribution is 5.95. The molecule has 1 N–H and O–H groups in total. The van der Waals surface area contributed by atoms with Gasteiger partial charge in [-0.15, -0.1) is 0 Å². The standard InChI is InChI=1S/C21H30O5/c1-10-6-12-13(7-11(2)17(12)23)18-21(5)15(8-14(10)22)20(3,4)9-16(21)25-19(24)26-18/h6,11-13,15-18,23H,7-9H2,1-5H3/b10-6-/t11-,12+,13+,15-,16-,17+,18+,21+/m1/s1. The van der Waals surface area contributed by atoms with Gasteiger partial charge in [0.1, 0.15) is 12.2 Å². The zero-order chi connectivity index (χ0) is 19.0. The molecule has 1 heterocycles. The number of hydrogen-bond donors (Lipinski definition) is 1. The third kappa shape index (κ3) is 2.32. The second-order valence-corrected chi connectivity index (χ2v) is 9.93. The minimum absolute atomic E-state index is 0.0117. The first-order chi connectivity index (χ1) is 12.1. The molecule has 0 radical (unpaired) electrons. The molecule has 4 rings (SSSR count). The molecule has 5 heteroatoms. The van der Waals surface area contributed by atoms with Gasteiger partial charge in [0, 0.05) is 23.7 Å². The number of aliphatic hydroxyl groups is 1. The summed E-state index contributed by atoms with van der Waals surface area (Å²) in [6.45, 7) is 10.4. The van der Waals surface area contributed by atoms with E-state index in [9.17, 15) is 14.7 Å². The Hall–Kier alpha value is -1.36. The first kappa shape index (κ1) is 18.0. The lowest BCUT2D eigenvalue weighted by molar-refractivity contribution is -0.172. The molecule has 26 heavy (non-hydrogen) atoms. The van der Waals surface area contributed by atoms with E-state index >= 15 is 0 Å². The van der Waals surface area contributed by atoms with Gasteiger partial charge in [-0.1, -0.05) is 33.8 Å². The number of ketones is 1. The van der Waals surface area contributed by atoms with Gasteiger partial charge in [-0.2, -0.15) is 0 Å². The van der Waals surface area contributed by atoms with Crippen molar-refractivity contribution in [3.8, 4) is 0 Å². The fourth-order valence-electron chi connectivity index (χ4n) is 6.51. The van der Waals surface area contributed by atoms with Crippen LogP contribution in [-0.2, 0) is 14.3 Å². The molecule has 0 amide bonds. The van der Waals surface area contributed by atoms with Gasteiger partial charge in [0.05, 0.1) is 6.10 Å². The summed E-state index contributed by atoms with van der Waals surface area (Å²) >= 11 is 0. The number of hydrogen-bond acceptors (Lipinski definition) is 5. The van der Waals surface area contributed by atoms with Crippen molar-refractivity contribution < 1.29 is 24.2 Å². The molecular weight excluding hydrogens is 332 g/mol. The zero-order valence-corrected chi connectivity index (χ0v) is 16.3. The van der Waals surface area contributed by atoms with Crippen molar-refractivity contribution in [1.29, 1.82) is 0 Å². The lowest BCUT2D eigenvalue weighted by Gasteiger charge is -2.49. The average Bonchev–Trinajstić information content (AvgIpc) is 2.93. The summed E-state index contributed by atoms with van der Waals surface area (Å²) in [7, 11) is 0. The first-order valence-corrected chi connectivity index (χ1v) is 9.82. The summed E-state index contributed by atoms with van der Waals surface area (Å²) in [5.74, 6) is 0.163. The van der Waals surface area contributed by atoms with Gasteiger partial charge < -0.3 is 14.6 Å². The van der Waals surface area contributed by atoms with E-state index in [1.165, 1.54) is 0 Å². The normalized spacial score (nSPS) is 51.8. The van der Waals surface area contributed by atoms with E-state index in [1.54, 1.807) is 0 Å². The second kappa shape index (κ2) is 5.57. The van der Waals surface area contributed by atoms with Crippen LogP contribution in [0.4, 0.5) is 4.79 Å². The molecule has 3 aliphatic carbocycles. The molecule has 0 bridgehead atoms. The van der Waals surface area contributed by atoms with Gasteiger partial charge in [-0.3, -0.25) is 4.79 Å². The number of carbonyl (C=O) groups excluding carboxylic acids is 2. The summed E-state index contributed by atoms with van der Waals surface area (Å²) < 4.78 is 11.5. The Morgan fingerprint density at radius 1 is 1.19 bits per heavy atom. The van der Waals surface area contributed by atoms with Crippen LogP contribution in [0.15, 0.2) is 11.6 Å². The Kier molecular flexibility index (Phi) is 3.86. The summed E-state index contributed by atoms with van der Waals surface area (Å²) in [6, 6.07) is 0. The lowest BCUT2D eigenvalue weighted by atomic mass is 9.62. The largest absolute Gasteiger partial charge is 0.508 e. The Labute approximate surface area is 155 Å². The van der Waals surface area contributed by atoms with E-state index in [1.807, 2.05) is 19.9 Å². The van der Waals surface area contributed by atoms with Gasteiger partial charge >= 0.3 is 6.16 Å². The summed E-state index contributed by atoms with van der Waals surface area (Å²) in [5.41, 5.74) is 0.185. The Morgan fingerprint density at radius 3 is 2.58 bits per heavy atom. The minimum atomic E-state index is -0.604. The molecular formula is C21H30O5. The first-order valence-electron chi connectivity index (χ1n) is 9.82. The number of fused-ring (bicyclic) bond motifs is 2. The molecule has 144 valence electrons. The Bertz CT molecular complexity index is 680. The molecule has 0 aromatic carbocycles. The minimum Gasteiger partial charge on any atom is -0.430 e. The maximum atomic E-state index is 13.0. The van der Waals surface area contributed by atoms with Gasteiger partial charge in [0.25, 0.3) is 0 Å². The predicted molar refractivity (Wildman–Crippen MR) is 95.3 cm³/mol. The van der Waals surface area contributed by atoms with E-state index in [0.717, 1.165) is 18.4 Å². The molecule has 1 saturated heterocycles. The van der Waals surface area contributed by atoms with E-state index < -0.39 is 17.7 Å². The van der Waals surface area contributed by atoms with Crippen LogP contribution in [0.1, 0.15) is 53.9 Å². The van der Waals surface area contributed by atoms with Crippen molar-refractivity contribution in [2.24, 2.45) is 34.5 Å². The van der Waals surface area contributed by atoms with Gasteiger partial charge in [-0.05, 0) is 42.6 Å². The van der Waals surface area contributed by atoms with Crippen LogP contribution in [-0.4, -0.2) is 35.4 Å². The molecule has 8 atom stereocenters. The lowest BCUT2D eigenvalue weighted by Crippen LogP contribution is -2.56. The number of aliphatic hydroxyl groups excluding tert-OH is 1. The van der Waals surface area contributed by atoms with Crippen LogP contribution < -0.4 is 0 Å². The maximum Gasteiger partial charge on any atom is 0.508 e.